The number of esters is 1. The Balaban J connectivity index is 1.87. The van der Waals surface area contributed by atoms with Crippen LogP contribution in [0.15, 0.2) is 36.9 Å². The molecule has 1 unspecified atom stereocenters. The summed E-state index contributed by atoms with van der Waals surface area (Å²) in [5, 5.41) is 2.37. The maximum atomic E-state index is 14.3. The van der Waals surface area contributed by atoms with Crippen LogP contribution in [0.3, 0.4) is 0 Å². The topological polar surface area (TPSA) is 134 Å². The van der Waals surface area contributed by atoms with Gasteiger partial charge < -0.3 is 24.3 Å². The number of carbonyl (C=O) groups excluding carboxylic acids is 1. The van der Waals surface area contributed by atoms with Crippen LogP contribution in [0, 0.1) is 12.3 Å². The van der Waals surface area contributed by atoms with Gasteiger partial charge in [0.1, 0.15) is 24.2 Å². The molecule has 14 heteroatoms. The molecular weight excluding hydrogens is 548 g/mol. The lowest BCUT2D eigenvalue weighted by Gasteiger charge is -2.33. The number of nitrogens with zero attached hydrogens (tertiary/aromatic N) is 4. The van der Waals surface area contributed by atoms with E-state index >= 15 is 0 Å². The smallest absolute Gasteiger partial charge is 0.408 e. The number of benzene rings is 1. The molecule has 2 aromatic heterocycles. The first-order valence-corrected chi connectivity index (χ1v) is 14.9. The summed E-state index contributed by atoms with van der Waals surface area (Å²) in [6.07, 6.45) is -2.98. The monoisotopic (exact) mass is 584 g/mol. The molecule has 0 saturated carbocycles. The van der Waals surface area contributed by atoms with Gasteiger partial charge in [-0.05, 0) is 39.7 Å². The van der Waals surface area contributed by atoms with Crippen molar-refractivity contribution in [1.29, 1.82) is 0 Å². The number of nitrogens with one attached hydrogen (secondary N) is 1. The first-order chi connectivity index (χ1) is 18.6. The van der Waals surface area contributed by atoms with Crippen LogP contribution < -0.4 is 10.8 Å². The summed E-state index contributed by atoms with van der Waals surface area (Å²) in [7, 11) is -4.02. The Labute approximate surface area is 231 Å². The first-order valence-electron chi connectivity index (χ1n) is 12.8. The summed E-state index contributed by atoms with van der Waals surface area (Å²) >= 11 is 0. The predicted molar refractivity (Wildman–Crippen MR) is 146 cm³/mol. The molecule has 2 heterocycles. The summed E-state index contributed by atoms with van der Waals surface area (Å²) in [5.74, 6) is -0.441. The number of aromatic nitrogens is 4. The molecule has 3 N–H and O–H groups in total. The number of nitrogens with two attached hydrogens (primary N) is 1. The Morgan fingerprint density at radius 3 is 2.60 bits per heavy atom. The first kappa shape index (κ1) is 31.5. The van der Waals surface area contributed by atoms with Crippen LogP contribution >= 0.6 is 7.29 Å². The minimum absolute atomic E-state index is 0.0886. The fourth-order valence-electron chi connectivity index (χ4n) is 4.25. The number of carbonyl (C=O) groups is 1. The van der Waals surface area contributed by atoms with E-state index in [9.17, 15) is 22.5 Å². The van der Waals surface area contributed by atoms with Crippen LogP contribution in [0.5, 0.6) is 0 Å². The van der Waals surface area contributed by atoms with E-state index in [1.807, 2.05) is 6.92 Å². The molecule has 3 atom stereocenters. The second-order valence-electron chi connectivity index (χ2n) is 10.5. The lowest BCUT2D eigenvalue weighted by Crippen LogP contribution is -2.38. The van der Waals surface area contributed by atoms with Crippen molar-refractivity contribution >= 4 is 30.2 Å². The summed E-state index contributed by atoms with van der Waals surface area (Å²) in [4.78, 5) is 25.0. The van der Waals surface area contributed by atoms with Crippen LogP contribution in [0.25, 0.3) is 11.2 Å². The van der Waals surface area contributed by atoms with Crippen LogP contribution in [-0.2, 0) is 25.4 Å². The van der Waals surface area contributed by atoms with E-state index in [-0.39, 0.29) is 24.5 Å². The van der Waals surface area contributed by atoms with Gasteiger partial charge in [-0.2, -0.15) is 13.2 Å². The lowest BCUT2D eigenvalue weighted by molar-refractivity contribution is -0.153. The number of hydrogen-bond donors (Lipinski definition) is 2. The van der Waals surface area contributed by atoms with Crippen molar-refractivity contribution in [3.8, 4) is 0 Å². The Kier molecular flexibility index (Phi) is 9.97. The van der Waals surface area contributed by atoms with Crippen molar-refractivity contribution in [3.05, 3.63) is 48.0 Å². The zero-order valence-corrected chi connectivity index (χ0v) is 24.1. The van der Waals surface area contributed by atoms with Crippen molar-refractivity contribution in [1.82, 2.24) is 24.6 Å². The second-order valence-corrected chi connectivity index (χ2v) is 13.1. The minimum Gasteiger partial charge on any atom is -0.465 e. The highest BCUT2D eigenvalue weighted by Crippen LogP contribution is 2.51. The molecule has 0 saturated heterocycles. The SMILES string of the molecule is CCCOC(=O)C(C)(C)CP(=O)(CO[C@H](C)Cn1cnc2c(N)ncnc21)N[C@H](c1cccc(C)c1)C(F)(F)F. The molecule has 0 spiro atoms. The molecule has 0 aliphatic carbocycles. The molecule has 220 valence electrons. The average molecular weight is 585 g/mol. The summed E-state index contributed by atoms with van der Waals surface area (Å²) in [5.41, 5.74) is 5.88. The molecule has 0 amide bonds. The molecule has 0 bridgehead atoms. The zero-order valence-electron chi connectivity index (χ0n) is 23.2. The second kappa shape index (κ2) is 12.7. The van der Waals surface area contributed by atoms with Gasteiger partial charge in [-0.3, -0.25) is 4.79 Å². The third-order valence-electron chi connectivity index (χ3n) is 6.16. The van der Waals surface area contributed by atoms with Gasteiger partial charge in [0, 0.05) is 6.16 Å². The third-order valence-corrected chi connectivity index (χ3v) is 8.75. The Bertz CT molecular complexity index is 1360. The number of aryl methyl sites for hydroxylation is 1. The van der Waals surface area contributed by atoms with Gasteiger partial charge in [0.2, 0.25) is 0 Å². The van der Waals surface area contributed by atoms with Gasteiger partial charge in [-0.15, -0.1) is 0 Å². The van der Waals surface area contributed by atoms with E-state index in [2.05, 4.69) is 20.0 Å². The summed E-state index contributed by atoms with van der Waals surface area (Å²) in [6, 6.07) is 3.65. The number of alkyl halides is 3. The molecule has 0 fully saturated rings. The van der Waals surface area contributed by atoms with Gasteiger partial charge >= 0.3 is 12.1 Å². The van der Waals surface area contributed by atoms with Gasteiger partial charge in [0.15, 0.2) is 18.8 Å². The molecule has 1 aromatic carbocycles. The zero-order chi connectivity index (χ0) is 29.7. The average Bonchev–Trinajstić information content (AvgIpc) is 3.27. The Morgan fingerprint density at radius 2 is 1.95 bits per heavy atom. The van der Waals surface area contributed by atoms with Crippen LogP contribution in [-0.4, -0.2) is 56.9 Å². The lowest BCUT2D eigenvalue weighted by atomic mass is 9.97. The maximum Gasteiger partial charge on any atom is 0.408 e. The molecule has 40 heavy (non-hydrogen) atoms. The predicted octanol–water partition coefficient (Wildman–Crippen LogP) is 5.23. The third kappa shape index (κ3) is 8.02. The minimum atomic E-state index is -4.77. The molecule has 0 aliphatic heterocycles. The number of rotatable bonds is 13. The standard InChI is InChI=1S/C26H36F3N6O4P/c1-6-10-38-24(36)25(4,5)13-40(37,34-21(26(27,28)29)19-9-7-8-17(2)11-19)16-39-18(3)12-35-15-33-20-22(30)31-14-32-23(20)35/h7-9,11,14-15,18,21H,6,10,12-13,16H2,1-5H3,(H,34,37)(H2,30,31,32)/t18-,21-,40?/m1/s1. The number of nitrogen functional groups attached to an aromatic ring is 1. The van der Waals surface area contributed by atoms with Crippen molar-refractivity contribution in [2.75, 3.05) is 24.9 Å². The summed E-state index contributed by atoms with van der Waals surface area (Å²) < 4.78 is 70.0. The number of imidazole rings is 1. The van der Waals surface area contributed by atoms with Gasteiger partial charge in [-0.25, -0.2) is 20.0 Å². The summed E-state index contributed by atoms with van der Waals surface area (Å²) in [6.45, 7) is 8.53. The van der Waals surface area contributed by atoms with Crippen molar-refractivity contribution in [2.24, 2.45) is 5.41 Å². The molecule has 0 aliphatic rings. The fourth-order valence-corrected chi connectivity index (χ4v) is 7.18. The highest BCUT2D eigenvalue weighted by Gasteiger charge is 2.47. The maximum absolute atomic E-state index is 14.3. The van der Waals surface area contributed by atoms with Gasteiger partial charge in [0.05, 0.1) is 31.0 Å². The van der Waals surface area contributed by atoms with Crippen molar-refractivity contribution < 1.29 is 32.0 Å². The van der Waals surface area contributed by atoms with E-state index in [1.54, 1.807) is 24.5 Å². The van der Waals surface area contributed by atoms with Crippen LogP contribution in [0.4, 0.5) is 19.0 Å². The van der Waals surface area contributed by atoms with E-state index in [0.29, 0.717) is 23.1 Å². The van der Waals surface area contributed by atoms with Gasteiger partial charge in [0.25, 0.3) is 0 Å². The van der Waals surface area contributed by atoms with E-state index in [4.69, 9.17) is 15.2 Å². The molecule has 0 radical (unpaired) electrons. The number of hydrogen-bond acceptors (Lipinski definition) is 8. The van der Waals surface area contributed by atoms with E-state index in [0.717, 1.165) is 0 Å². The molecular formula is C26H36F3N6O4P. The van der Waals surface area contributed by atoms with Crippen molar-refractivity contribution in [3.63, 3.8) is 0 Å². The number of fused-ring (bicyclic) bond motifs is 1. The Morgan fingerprint density at radius 1 is 1.23 bits per heavy atom. The highest BCUT2D eigenvalue weighted by atomic mass is 31.2. The molecule has 3 aromatic rings. The van der Waals surface area contributed by atoms with Crippen LogP contribution in [0.1, 0.15) is 51.3 Å². The molecule has 3 rings (SSSR count). The van der Waals surface area contributed by atoms with E-state index < -0.39 is 49.5 Å². The normalized spacial score (nSPS) is 15.5. The van der Waals surface area contributed by atoms with Gasteiger partial charge in [-0.1, -0.05) is 36.8 Å². The highest BCUT2D eigenvalue weighted by molar-refractivity contribution is 7.61. The Hall–Kier alpha value is -3.02. The van der Waals surface area contributed by atoms with Crippen LogP contribution in [0.2, 0.25) is 0 Å². The largest absolute Gasteiger partial charge is 0.465 e. The number of anilines is 1. The van der Waals surface area contributed by atoms with E-state index in [1.165, 1.54) is 44.7 Å². The van der Waals surface area contributed by atoms with Crippen molar-refractivity contribution in [2.45, 2.75) is 65.9 Å². The number of ether oxygens (including phenoxy) is 2. The molecule has 10 nitrogen and oxygen atoms in total. The quantitative estimate of drug-likeness (QED) is 0.205. The fraction of sp³-hybridized carbons (Fsp3) is 0.538. The number of halogens is 3.